The number of hydrogen-bond donors (Lipinski definition) is 2. The van der Waals surface area contributed by atoms with Crippen molar-refractivity contribution in [2.45, 2.75) is 138 Å². The Hall–Kier alpha value is -1.13. The van der Waals surface area contributed by atoms with Gasteiger partial charge in [-0.3, -0.25) is 18.3 Å². The van der Waals surface area contributed by atoms with Crippen LogP contribution < -0.4 is 0 Å². The molecule has 8 nitrogen and oxygen atoms in total. The molecule has 0 aromatic carbocycles. The average Bonchev–Trinajstić information content (AvgIpc) is 3.37. The zero-order valence-corrected chi connectivity index (χ0v) is 30.8. The van der Waals surface area contributed by atoms with Crippen LogP contribution in [-0.2, 0) is 24.2 Å². The molecule has 46 heavy (non-hydrogen) atoms. The van der Waals surface area contributed by atoms with E-state index in [9.17, 15) is 23.1 Å². The van der Waals surface area contributed by atoms with Crippen molar-refractivity contribution >= 4 is 22.0 Å². The van der Waals surface area contributed by atoms with Gasteiger partial charge in [-0.25, -0.2) is 0 Å². The first-order valence-electron chi connectivity index (χ1n) is 17.8. The van der Waals surface area contributed by atoms with Crippen LogP contribution in [0.5, 0.6) is 0 Å². The van der Waals surface area contributed by atoms with E-state index in [0.717, 1.165) is 71.4 Å². The molecule has 0 bridgehead atoms. The van der Waals surface area contributed by atoms with Gasteiger partial charge in [0.2, 0.25) is 0 Å². The SMILES string of the molecule is CN1CCCC1CC(=O)[C@@]1(C)CC[C@]2(C)CC[C@]3(C)C(=CC(=O)C4[C@@]5(C)CC[C@H](O)C(C)(C)C5CC[C@]43C)[C@H]2C1.COS(=O)(=O)O. The van der Waals surface area contributed by atoms with Crippen molar-refractivity contribution in [3.8, 4) is 0 Å². The molecule has 9 heteroatoms. The van der Waals surface area contributed by atoms with Crippen molar-refractivity contribution in [3.05, 3.63) is 11.6 Å². The number of fused-ring (bicyclic) bond motifs is 7. The smallest absolute Gasteiger partial charge is 0.393 e. The molecule has 1 aliphatic heterocycles. The fraction of sp³-hybridized carbons (Fsp3) is 0.892. The Morgan fingerprint density at radius 3 is 2.20 bits per heavy atom. The first-order valence-corrected chi connectivity index (χ1v) is 19.2. The third-order valence-electron chi connectivity index (χ3n) is 15.5. The second kappa shape index (κ2) is 11.7. The minimum atomic E-state index is -4.16. The van der Waals surface area contributed by atoms with Gasteiger partial charge in [-0.15, -0.1) is 0 Å². The maximum absolute atomic E-state index is 14.5. The zero-order chi connectivity index (χ0) is 34.3. The molecule has 5 fully saturated rings. The average molecular weight is 664 g/mol. The van der Waals surface area contributed by atoms with E-state index in [1.165, 1.54) is 18.4 Å². The summed E-state index contributed by atoms with van der Waals surface area (Å²) >= 11 is 0. The standard InChI is InChI=1S/C36H57NO3.CH4O4S/c1-31(2)27-11-14-36(7)30(34(27,5)13-12-28(31)39)26(38)21-24-25-22-33(4,29(40)20-23-10-9-19-37(23)8)16-15-32(25,3)17-18-35(24,36)6;1-5-6(2,3)4/h21,23,25,27-28,30,39H,9-20,22H2,1-8H3;1H3,(H,2,3,4)/t23?,25-,27?,28+,30?,32-,33+,34+,35-,36-;/m1./s1. The first kappa shape index (κ1) is 36.2. The lowest BCUT2D eigenvalue weighted by atomic mass is 9.33. The van der Waals surface area contributed by atoms with E-state index in [0.29, 0.717) is 35.9 Å². The molecule has 6 rings (SSSR count). The van der Waals surface area contributed by atoms with Crippen LogP contribution in [0, 0.1) is 50.2 Å². The second-order valence-corrected chi connectivity index (χ2v) is 19.3. The van der Waals surface area contributed by atoms with E-state index in [-0.39, 0.29) is 44.5 Å². The molecular formula is C37H61NO7S. The molecule has 6 aliphatic rings. The Bertz CT molecular complexity index is 1380. The molecule has 1 saturated heterocycles. The van der Waals surface area contributed by atoms with Crippen LogP contribution >= 0.6 is 0 Å². The molecule has 4 saturated carbocycles. The van der Waals surface area contributed by atoms with Gasteiger partial charge >= 0.3 is 10.4 Å². The Morgan fingerprint density at radius 2 is 1.61 bits per heavy atom. The van der Waals surface area contributed by atoms with Crippen LogP contribution in [0.3, 0.4) is 0 Å². The van der Waals surface area contributed by atoms with Crippen LogP contribution in [0.1, 0.15) is 126 Å². The fourth-order valence-electron chi connectivity index (χ4n) is 12.1. The Balaban J connectivity index is 0.000000635. The summed E-state index contributed by atoms with van der Waals surface area (Å²) in [6.07, 6.45) is 14.1. The summed E-state index contributed by atoms with van der Waals surface area (Å²) in [6, 6.07) is 0.401. The van der Waals surface area contributed by atoms with Gasteiger partial charge in [-0.05, 0) is 129 Å². The summed E-state index contributed by atoms with van der Waals surface area (Å²) < 4.78 is 29.7. The Kier molecular flexibility index (Phi) is 9.23. The molecule has 0 amide bonds. The summed E-state index contributed by atoms with van der Waals surface area (Å²) in [5.74, 6) is 1.50. The second-order valence-electron chi connectivity index (χ2n) is 18.1. The molecule has 0 radical (unpaired) electrons. The zero-order valence-electron chi connectivity index (χ0n) is 29.9. The molecule has 5 aliphatic carbocycles. The van der Waals surface area contributed by atoms with E-state index in [2.05, 4.69) is 70.7 Å². The summed E-state index contributed by atoms with van der Waals surface area (Å²) in [7, 11) is -1.11. The molecule has 3 unspecified atom stereocenters. The van der Waals surface area contributed by atoms with Crippen molar-refractivity contribution in [2.24, 2.45) is 50.2 Å². The number of aliphatic hydroxyl groups excluding tert-OH is 1. The predicted molar refractivity (Wildman–Crippen MR) is 179 cm³/mol. The van der Waals surface area contributed by atoms with Crippen molar-refractivity contribution in [1.29, 1.82) is 0 Å². The number of carbonyl (C=O) groups is 2. The van der Waals surface area contributed by atoms with E-state index in [1.54, 1.807) is 0 Å². The number of ketones is 2. The Labute approximate surface area is 278 Å². The maximum atomic E-state index is 14.5. The Morgan fingerprint density at radius 1 is 0.978 bits per heavy atom. The number of Topliss-reactive ketones (excluding diaryl/α,β-unsaturated/α-hetero) is 1. The summed E-state index contributed by atoms with van der Waals surface area (Å²) in [5, 5.41) is 11.0. The monoisotopic (exact) mass is 663 g/mol. The van der Waals surface area contributed by atoms with E-state index < -0.39 is 10.4 Å². The van der Waals surface area contributed by atoms with Gasteiger partial charge in [0.25, 0.3) is 0 Å². The highest BCUT2D eigenvalue weighted by Gasteiger charge is 2.70. The molecule has 0 aromatic rings. The summed E-state index contributed by atoms with van der Waals surface area (Å²) in [4.78, 5) is 30.8. The van der Waals surface area contributed by atoms with Gasteiger partial charge in [0.1, 0.15) is 5.78 Å². The normalized spacial score (nSPS) is 46.9. The molecule has 1 heterocycles. The van der Waals surface area contributed by atoms with Crippen LogP contribution in [-0.4, -0.2) is 67.4 Å². The first-order chi connectivity index (χ1) is 21.1. The van der Waals surface area contributed by atoms with Crippen LogP contribution in [0.15, 0.2) is 11.6 Å². The van der Waals surface area contributed by atoms with Crippen LogP contribution in [0.2, 0.25) is 0 Å². The van der Waals surface area contributed by atoms with Crippen molar-refractivity contribution < 1.29 is 31.8 Å². The quantitative estimate of drug-likeness (QED) is 0.315. The number of hydrogen-bond acceptors (Lipinski definition) is 7. The molecule has 0 spiro atoms. The minimum Gasteiger partial charge on any atom is -0.393 e. The lowest BCUT2D eigenvalue weighted by Gasteiger charge is -2.70. The van der Waals surface area contributed by atoms with Gasteiger partial charge in [-0.2, -0.15) is 8.42 Å². The van der Waals surface area contributed by atoms with E-state index in [4.69, 9.17) is 4.55 Å². The lowest BCUT2D eigenvalue weighted by Crippen LogP contribution is -2.66. The number of carbonyl (C=O) groups excluding carboxylic acids is 2. The molecule has 262 valence electrons. The summed E-state index contributed by atoms with van der Waals surface area (Å²) in [5.41, 5.74) is 0.948. The third kappa shape index (κ3) is 5.60. The third-order valence-corrected chi connectivity index (χ3v) is 16.0. The molecular weight excluding hydrogens is 602 g/mol. The number of aliphatic hydroxyl groups is 1. The lowest BCUT2D eigenvalue weighted by molar-refractivity contribution is -0.202. The number of allylic oxidation sites excluding steroid dienone is 2. The van der Waals surface area contributed by atoms with E-state index >= 15 is 0 Å². The topological polar surface area (TPSA) is 121 Å². The highest BCUT2D eigenvalue weighted by molar-refractivity contribution is 7.80. The van der Waals surface area contributed by atoms with Crippen molar-refractivity contribution in [2.75, 3.05) is 20.7 Å². The van der Waals surface area contributed by atoms with Gasteiger partial charge in [-0.1, -0.05) is 54.0 Å². The van der Waals surface area contributed by atoms with Gasteiger partial charge < -0.3 is 10.0 Å². The van der Waals surface area contributed by atoms with Gasteiger partial charge in [0.05, 0.1) is 13.2 Å². The van der Waals surface area contributed by atoms with Crippen molar-refractivity contribution in [3.63, 3.8) is 0 Å². The number of nitrogens with zero attached hydrogens (tertiary/aromatic N) is 1. The van der Waals surface area contributed by atoms with Crippen LogP contribution in [0.4, 0.5) is 0 Å². The maximum Gasteiger partial charge on any atom is 0.397 e. The largest absolute Gasteiger partial charge is 0.397 e. The van der Waals surface area contributed by atoms with Crippen molar-refractivity contribution in [1.82, 2.24) is 4.90 Å². The fourth-order valence-corrected chi connectivity index (χ4v) is 12.1. The highest BCUT2D eigenvalue weighted by Crippen LogP contribution is 2.75. The highest BCUT2D eigenvalue weighted by atomic mass is 32.3. The van der Waals surface area contributed by atoms with Gasteiger partial charge in [0, 0.05) is 23.8 Å². The summed E-state index contributed by atoms with van der Waals surface area (Å²) in [6.45, 7) is 17.7. The molecule has 0 aromatic heterocycles. The molecule has 10 atom stereocenters. The molecule has 2 N–H and O–H groups in total. The number of likely N-dealkylation sites (tertiary alicyclic amines) is 1. The van der Waals surface area contributed by atoms with Crippen LogP contribution in [0.25, 0.3) is 0 Å². The van der Waals surface area contributed by atoms with Gasteiger partial charge in [0.15, 0.2) is 5.78 Å². The van der Waals surface area contributed by atoms with E-state index in [1.807, 2.05) is 0 Å². The predicted octanol–water partition coefficient (Wildman–Crippen LogP) is 6.82. The number of rotatable bonds is 4. The minimum absolute atomic E-state index is 0.0122.